The molecule has 0 heterocycles. The van der Waals surface area contributed by atoms with Crippen molar-refractivity contribution >= 4 is 0 Å². The molecule has 0 unspecified atom stereocenters. The Hall–Kier alpha value is -0.860. The van der Waals surface area contributed by atoms with Gasteiger partial charge in [0.25, 0.3) is 0 Å². The van der Waals surface area contributed by atoms with Crippen molar-refractivity contribution in [2.75, 3.05) is 0 Å². The molecular weight excluding hydrogens is 176 g/mol. The van der Waals surface area contributed by atoms with Gasteiger partial charge in [0.2, 0.25) is 0 Å². The molecular formula is C12H18O2. The molecule has 0 saturated carbocycles. The van der Waals surface area contributed by atoms with Gasteiger partial charge in [0.05, 0.1) is 12.2 Å². The molecule has 0 radical (unpaired) electrons. The molecule has 1 aromatic rings. The normalized spacial score (nSPS) is 15.1. The largest absolute Gasteiger partial charge is 0.393 e. The highest BCUT2D eigenvalue weighted by molar-refractivity contribution is 5.15. The molecule has 0 aliphatic carbocycles. The summed E-state index contributed by atoms with van der Waals surface area (Å²) < 4.78 is 0. The molecule has 0 aliphatic heterocycles. The van der Waals surface area contributed by atoms with Crippen molar-refractivity contribution in [1.29, 1.82) is 0 Å². The third kappa shape index (κ3) is 3.90. The molecule has 2 nitrogen and oxygen atoms in total. The predicted molar refractivity (Wildman–Crippen MR) is 57.1 cm³/mol. The van der Waals surface area contributed by atoms with Gasteiger partial charge in [0.1, 0.15) is 0 Å². The summed E-state index contributed by atoms with van der Waals surface area (Å²) in [6.07, 6.45) is 0.968. The van der Waals surface area contributed by atoms with Crippen molar-refractivity contribution in [3.05, 3.63) is 35.9 Å². The fourth-order valence-corrected chi connectivity index (χ4v) is 1.45. The van der Waals surface area contributed by atoms with E-state index in [0.29, 0.717) is 19.3 Å². The van der Waals surface area contributed by atoms with Gasteiger partial charge in [0, 0.05) is 0 Å². The predicted octanol–water partition coefficient (Wildman–Crippen LogP) is 1.75. The molecule has 0 saturated heterocycles. The quantitative estimate of drug-likeness (QED) is 0.749. The molecule has 0 bridgehead atoms. The molecule has 1 rings (SSSR count). The maximum absolute atomic E-state index is 9.64. The number of hydrogen-bond donors (Lipinski definition) is 2. The third-order valence-corrected chi connectivity index (χ3v) is 2.33. The summed E-state index contributed by atoms with van der Waals surface area (Å²) >= 11 is 0. The van der Waals surface area contributed by atoms with Crippen molar-refractivity contribution in [2.45, 2.75) is 38.4 Å². The number of hydrogen-bond acceptors (Lipinski definition) is 2. The summed E-state index contributed by atoms with van der Waals surface area (Å²) in [5.74, 6) is 0. The van der Waals surface area contributed by atoms with E-state index in [-0.39, 0.29) is 6.10 Å². The van der Waals surface area contributed by atoms with Crippen LogP contribution in [0.5, 0.6) is 0 Å². The Kier molecular flexibility index (Phi) is 4.63. The lowest BCUT2D eigenvalue weighted by atomic mass is 10.0. The Balaban J connectivity index is 2.37. The van der Waals surface area contributed by atoms with E-state index in [1.165, 1.54) is 0 Å². The molecule has 0 aliphatic rings. The molecule has 0 fully saturated rings. The van der Waals surface area contributed by atoms with Crippen molar-refractivity contribution in [3.8, 4) is 0 Å². The van der Waals surface area contributed by atoms with E-state index in [9.17, 15) is 10.2 Å². The average molecular weight is 194 g/mol. The minimum atomic E-state index is -0.438. The fourth-order valence-electron chi connectivity index (χ4n) is 1.45. The highest BCUT2D eigenvalue weighted by Gasteiger charge is 2.10. The average Bonchev–Trinajstić information content (AvgIpc) is 2.19. The van der Waals surface area contributed by atoms with Crippen LogP contribution < -0.4 is 0 Å². The van der Waals surface area contributed by atoms with Crippen LogP contribution >= 0.6 is 0 Å². The van der Waals surface area contributed by atoms with Crippen LogP contribution in [0.25, 0.3) is 0 Å². The first-order chi connectivity index (χ1) is 6.72. The lowest BCUT2D eigenvalue weighted by Crippen LogP contribution is -2.18. The van der Waals surface area contributed by atoms with Crippen molar-refractivity contribution in [2.24, 2.45) is 0 Å². The van der Waals surface area contributed by atoms with Crippen LogP contribution in [-0.2, 0) is 6.42 Å². The first-order valence-corrected chi connectivity index (χ1v) is 5.12. The van der Waals surface area contributed by atoms with Crippen LogP contribution in [0.4, 0.5) is 0 Å². The molecule has 2 N–H and O–H groups in total. The van der Waals surface area contributed by atoms with Crippen LogP contribution in [0.2, 0.25) is 0 Å². The summed E-state index contributed by atoms with van der Waals surface area (Å²) in [5, 5.41) is 19.0. The van der Waals surface area contributed by atoms with Gasteiger partial charge in [-0.05, 0) is 24.8 Å². The summed E-state index contributed by atoms with van der Waals surface area (Å²) in [7, 11) is 0. The fraction of sp³-hybridized carbons (Fsp3) is 0.500. The lowest BCUT2D eigenvalue weighted by molar-refractivity contribution is 0.0787. The Morgan fingerprint density at radius 3 is 2.29 bits per heavy atom. The summed E-state index contributed by atoms with van der Waals surface area (Å²) in [6, 6.07) is 9.84. The summed E-state index contributed by atoms with van der Waals surface area (Å²) in [4.78, 5) is 0. The second-order valence-electron chi connectivity index (χ2n) is 3.64. The summed E-state index contributed by atoms with van der Waals surface area (Å²) in [6.45, 7) is 1.92. The number of aliphatic hydroxyl groups excluding tert-OH is 2. The molecule has 78 valence electrons. The maximum Gasteiger partial charge on any atom is 0.0605 e. The molecule has 2 atom stereocenters. The Morgan fingerprint density at radius 2 is 1.71 bits per heavy atom. The van der Waals surface area contributed by atoms with E-state index in [0.717, 1.165) is 5.56 Å². The van der Waals surface area contributed by atoms with Gasteiger partial charge >= 0.3 is 0 Å². The van der Waals surface area contributed by atoms with Crippen LogP contribution in [0.1, 0.15) is 25.3 Å². The highest BCUT2D eigenvalue weighted by atomic mass is 16.3. The SMILES string of the molecule is CC[C@H](O)C[C@@H](O)Cc1ccccc1. The van der Waals surface area contributed by atoms with E-state index in [1.54, 1.807) is 0 Å². The lowest BCUT2D eigenvalue weighted by Gasteiger charge is -2.13. The van der Waals surface area contributed by atoms with E-state index in [1.807, 2.05) is 37.3 Å². The highest BCUT2D eigenvalue weighted by Crippen LogP contribution is 2.08. The van der Waals surface area contributed by atoms with E-state index < -0.39 is 6.10 Å². The topological polar surface area (TPSA) is 40.5 Å². The summed E-state index contributed by atoms with van der Waals surface area (Å²) in [5.41, 5.74) is 1.11. The van der Waals surface area contributed by atoms with Crippen molar-refractivity contribution in [3.63, 3.8) is 0 Å². The zero-order valence-corrected chi connectivity index (χ0v) is 8.56. The Bertz CT molecular complexity index is 246. The second-order valence-corrected chi connectivity index (χ2v) is 3.64. The monoisotopic (exact) mass is 194 g/mol. The van der Waals surface area contributed by atoms with Gasteiger partial charge in [-0.3, -0.25) is 0 Å². The smallest absolute Gasteiger partial charge is 0.0605 e. The first kappa shape index (κ1) is 11.2. The Morgan fingerprint density at radius 1 is 1.07 bits per heavy atom. The molecule has 1 aromatic carbocycles. The third-order valence-electron chi connectivity index (χ3n) is 2.33. The van der Waals surface area contributed by atoms with Crippen molar-refractivity contribution in [1.82, 2.24) is 0 Å². The van der Waals surface area contributed by atoms with Crippen LogP contribution in [0.3, 0.4) is 0 Å². The number of benzene rings is 1. The minimum absolute atomic E-state index is 0.381. The van der Waals surface area contributed by atoms with Crippen molar-refractivity contribution < 1.29 is 10.2 Å². The number of rotatable bonds is 5. The molecule has 2 heteroatoms. The van der Waals surface area contributed by atoms with Crippen LogP contribution in [-0.4, -0.2) is 22.4 Å². The van der Waals surface area contributed by atoms with Gasteiger partial charge < -0.3 is 10.2 Å². The van der Waals surface area contributed by atoms with Gasteiger partial charge in [-0.2, -0.15) is 0 Å². The number of aliphatic hydroxyl groups is 2. The first-order valence-electron chi connectivity index (χ1n) is 5.12. The van der Waals surface area contributed by atoms with Crippen LogP contribution in [0, 0.1) is 0 Å². The second kappa shape index (κ2) is 5.78. The van der Waals surface area contributed by atoms with Crippen LogP contribution in [0.15, 0.2) is 30.3 Å². The molecule has 0 aromatic heterocycles. The molecule has 14 heavy (non-hydrogen) atoms. The standard InChI is InChI=1S/C12H18O2/c1-2-11(13)9-12(14)8-10-6-4-3-5-7-10/h3-7,11-14H,2,8-9H2,1H3/t11-,12-/m0/s1. The van der Waals surface area contributed by atoms with E-state index in [2.05, 4.69) is 0 Å². The van der Waals surface area contributed by atoms with Gasteiger partial charge in [-0.15, -0.1) is 0 Å². The van der Waals surface area contributed by atoms with Gasteiger partial charge in [-0.1, -0.05) is 37.3 Å². The minimum Gasteiger partial charge on any atom is -0.393 e. The van der Waals surface area contributed by atoms with E-state index >= 15 is 0 Å². The van der Waals surface area contributed by atoms with Gasteiger partial charge in [-0.25, -0.2) is 0 Å². The molecule has 0 amide bonds. The zero-order chi connectivity index (χ0) is 10.4. The zero-order valence-electron chi connectivity index (χ0n) is 8.56. The molecule has 0 spiro atoms. The van der Waals surface area contributed by atoms with Gasteiger partial charge in [0.15, 0.2) is 0 Å². The Labute approximate surface area is 85.2 Å². The van der Waals surface area contributed by atoms with E-state index in [4.69, 9.17) is 0 Å². The maximum atomic E-state index is 9.64.